The molecule has 6 rings (SSSR count). The molecule has 0 aromatic heterocycles. The molecule has 0 radical (unpaired) electrons. The van der Waals surface area contributed by atoms with Gasteiger partial charge in [-0.15, -0.1) is 0 Å². The van der Waals surface area contributed by atoms with E-state index in [9.17, 15) is 40.5 Å². The van der Waals surface area contributed by atoms with Gasteiger partial charge in [0.05, 0.1) is 30.3 Å². The summed E-state index contributed by atoms with van der Waals surface area (Å²) in [6, 6.07) is 0. The zero-order chi connectivity index (χ0) is 34.7. The van der Waals surface area contributed by atoms with Crippen LogP contribution in [0.1, 0.15) is 99.8 Å². The summed E-state index contributed by atoms with van der Waals surface area (Å²) in [6.45, 7) is 14.5. The Hall–Kier alpha value is -1.11. The molecule has 4 saturated carbocycles. The second-order valence-electron chi connectivity index (χ2n) is 17.9. The first-order valence-corrected chi connectivity index (χ1v) is 18.0. The van der Waals surface area contributed by atoms with E-state index < -0.39 is 71.7 Å². The Morgan fingerprint density at radius 1 is 0.915 bits per heavy atom. The monoisotopic (exact) mass is 664 g/mol. The summed E-state index contributed by atoms with van der Waals surface area (Å²) in [5, 5.41) is 75.5. The zero-order valence-corrected chi connectivity index (χ0v) is 29.4. The summed E-state index contributed by atoms with van der Waals surface area (Å²) in [4.78, 5) is 14.5. The van der Waals surface area contributed by atoms with Gasteiger partial charge in [0.25, 0.3) is 0 Å². The van der Waals surface area contributed by atoms with Gasteiger partial charge in [0.2, 0.25) is 6.29 Å². The number of esters is 1. The standard InChI is InChI=1S/C37H60O10/c1-19-16-32(3)23(33(4,18-39)29(19)43)11-12-35(6)24(32)9-8-21-28-36(7,45)20(2)10-13-37(28,15-14-34(21,35)5)31(44)47-30-27(42)26(41)25(40)22(17-38)46-30/h8,19-20,22-30,38-43,45H,9-18H2,1-7H3/t19-,20-,22-,23-,24-,25-,26+,27-,28-,29+,30+,32+,33+,34-,35-,36-,37+/m1/s1. The predicted octanol–water partition coefficient (Wildman–Crippen LogP) is 2.68. The number of carbonyl (C=O) groups excluding carboxylic acids is 1. The Balaban J connectivity index is 1.40. The second-order valence-corrected chi connectivity index (χ2v) is 17.9. The van der Waals surface area contributed by atoms with Gasteiger partial charge < -0.3 is 45.2 Å². The maximum Gasteiger partial charge on any atom is 0.315 e. The Bertz CT molecular complexity index is 1270. The average Bonchev–Trinajstić information content (AvgIpc) is 3.02. The molecule has 6 aliphatic rings. The molecule has 10 nitrogen and oxygen atoms in total. The third kappa shape index (κ3) is 4.61. The highest BCUT2D eigenvalue weighted by molar-refractivity contribution is 5.79. The molecule has 5 fully saturated rings. The molecule has 268 valence electrons. The maximum atomic E-state index is 14.5. The summed E-state index contributed by atoms with van der Waals surface area (Å²) < 4.78 is 11.5. The number of hydrogen-bond acceptors (Lipinski definition) is 10. The number of fused-ring (bicyclic) bond motifs is 7. The topological polar surface area (TPSA) is 177 Å². The first-order chi connectivity index (χ1) is 21.8. The number of allylic oxidation sites excluding steroid dienone is 1. The van der Waals surface area contributed by atoms with Gasteiger partial charge in [0.1, 0.15) is 24.4 Å². The van der Waals surface area contributed by atoms with Crippen molar-refractivity contribution in [2.75, 3.05) is 13.2 Å². The van der Waals surface area contributed by atoms with Crippen LogP contribution in [0, 0.1) is 56.7 Å². The Morgan fingerprint density at radius 2 is 1.60 bits per heavy atom. The van der Waals surface area contributed by atoms with Crippen LogP contribution < -0.4 is 0 Å². The van der Waals surface area contributed by atoms with Crippen LogP contribution in [0.2, 0.25) is 0 Å². The van der Waals surface area contributed by atoms with E-state index in [0.29, 0.717) is 25.7 Å². The Kier molecular flexibility index (Phi) is 8.70. The summed E-state index contributed by atoms with van der Waals surface area (Å²) in [6.07, 6.45) is -0.252. The van der Waals surface area contributed by atoms with E-state index in [1.807, 2.05) is 13.8 Å². The van der Waals surface area contributed by atoms with Gasteiger partial charge in [0.15, 0.2) is 0 Å². The van der Waals surface area contributed by atoms with Gasteiger partial charge in [0, 0.05) is 11.3 Å². The lowest BCUT2D eigenvalue weighted by atomic mass is 9.32. The van der Waals surface area contributed by atoms with Crippen LogP contribution in [0.3, 0.4) is 0 Å². The van der Waals surface area contributed by atoms with Crippen LogP contribution >= 0.6 is 0 Å². The van der Waals surface area contributed by atoms with Gasteiger partial charge in [-0.05, 0) is 98.2 Å². The van der Waals surface area contributed by atoms with Crippen molar-refractivity contribution in [2.45, 2.75) is 142 Å². The van der Waals surface area contributed by atoms with E-state index in [-0.39, 0.29) is 46.5 Å². The van der Waals surface area contributed by atoms with E-state index >= 15 is 0 Å². The number of rotatable bonds is 4. The van der Waals surface area contributed by atoms with E-state index in [2.05, 4.69) is 40.7 Å². The molecule has 5 aliphatic carbocycles. The predicted molar refractivity (Wildman–Crippen MR) is 172 cm³/mol. The smallest absolute Gasteiger partial charge is 0.315 e. The molecule has 0 aromatic carbocycles. The maximum absolute atomic E-state index is 14.5. The van der Waals surface area contributed by atoms with Crippen LogP contribution in [0.4, 0.5) is 0 Å². The minimum absolute atomic E-state index is 0.0463. The average molecular weight is 665 g/mol. The normalized spacial score (nSPS) is 57.5. The fourth-order valence-electron chi connectivity index (χ4n) is 12.8. The quantitative estimate of drug-likeness (QED) is 0.175. The SMILES string of the molecule is C[C@@H]1C[C@@]2(C)[C@@H](CC[C@]3(C)[C@@H]2CC=C2[C@H]4[C@](C(=O)O[C@@H]5O[C@H](CO)[C@@H](O)[C@H](O)[C@H]5O)(CC[C@@H](C)[C@@]4(C)O)CC[C@]23C)[C@](C)(CO)[C@H]1O. The first kappa shape index (κ1) is 35.7. The molecule has 1 aliphatic heterocycles. The van der Waals surface area contributed by atoms with Gasteiger partial charge in [-0.25, -0.2) is 0 Å². The van der Waals surface area contributed by atoms with Gasteiger partial charge in [-0.3, -0.25) is 4.79 Å². The van der Waals surface area contributed by atoms with Crippen molar-refractivity contribution in [2.24, 2.45) is 56.7 Å². The van der Waals surface area contributed by atoms with Gasteiger partial charge >= 0.3 is 5.97 Å². The molecule has 1 saturated heterocycles. The third-order valence-corrected chi connectivity index (χ3v) is 15.9. The fraction of sp³-hybridized carbons (Fsp3) is 0.919. The molecule has 7 N–H and O–H groups in total. The van der Waals surface area contributed by atoms with Crippen molar-refractivity contribution in [3.63, 3.8) is 0 Å². The minimum Gasteiger partial charge on any atom is -0.432 e. The van der Waals surface area contributed by atoms with Crippen LogP contribution in [-0.4, -0.2) is 97.3 Å². The van der Waals surface area contributed by atoms with Crippen LogP contribution in [0.15, 0.2) is 11.6 Å². The number of ether oxygens (including phenoxy) is 2. The molecule has 0 amide bonds. The lowest BCUT2D eigenvalue weighted by Crippen LogP contribution is -2.69. The number of aliphatic hydroxyl groups excluding tert-OH is 6. The van der Waals surface area contributed by atoms with Gasteiger partial charge in [-0.1, -0.05) is 53.2 Å². The van der Waals surface area contributed by atoms with Crippen LogP contribution in [0.5, 0.6) is 0 Å². The first-order valence-electron chi connectivity index (χ1n) is 18.0. The molecule has 0 spiro atoms. The zero-order valence-electron chi connectivity index (χ0n) is 29.4. The van der Waals surface area contributed by atoms with Crippen molar-refractivity contribution < 1.29 is 50.0 Å². The Morgan fingerprint density at radius 3 is 2.23 bits per heavy atom. The van der Waals surface area contributed by atoms with Gasteiger partial charge in [-0.2, -0.15) is 0 Å². The highest BCUT2D eigenvalue weighted by Crippen LogP contribution is 2.76. The van der Waals surface area contributed by atoms with Crippen molar-refractivity contribution in [1.82, 2.24) is 0 Å². The van der Waals surface area contributed by atoms with Crippen molar-refractivity contribution in [3.05, 3.63) is 11.6 Å². The highest BCUT2D eigenvalue weighted by Gasteiger charge is 2.72. The molecule has 10 heteroatoms. The third-order valence-electron chi connectivity index (χ3n) is 15.9. The van der Waals surface area contributed by atoms with E-state index in [1.54, 1.807) is 0 Å². The second kappa shape index (κ2) is 11.5. The van der Waals surface area contributed by atoms with E-state index in [0.717, 1.165) is 31.3 Å². The van der Waals surface area contributed by atoms with Crippen molar-refractivity contribution >= 4 is 5.97 Å². The lowest BCUT2D eigenvalue weighted by Gasteiger charge is -2.72. The largest absolute Gasteiger partial charge is 0.432 e. The van der Waals surface area contributed by atoms with Crippen LogP contribution in [-0.2, 0) is 14.3 Å². The summed E-state index contributed by atoms with van der Waals surface area (Å²) in [5.74, 6) is -0.745. The molecule has 0 aromatic rings. The van der Waals surface area contributed by atoms with Crippen LogP contribution in [0.25, 0.3) is 0 Å². The molecule has 47 heavy (non-hydrogen) atoms. The minimum atomic E-state index is -1.70. The summed E-state index contributed by atoms with van der Waals surface area (Å²) in [7, 11) is 0. The fourth-order valence-corrected chi connectivity index (χ4v) is 12.8. The number of hydrogen-bond donors (Lipinski definition) is 7. The van der Waals surface area contributed by atoms with E-state index in [4.69, 9.17) is 9.47 Å². The summed E-state index contributed by atoms with van der Waals surface area (Å²) in [5.41, 5.74) is -2.43. The molecule has 0 bridgehead atoms. The van der Waals surface area contributed by atoms with Crippen molar-refractivity contribution in [3.8, 4) is 0 Å². The molecular weight excluding hydrogens is 604 g/mol. The molecule has 0 unspecified atom stereocenters. The van der Waals surface area contributed by atoms with E-state index in [1.165, 1.54) is 0 Å². The molecular formula is C37H60O10. The molecule has 1 heterocycles. The highest BCUT2D eigenvalue weighted by atomic mass is 16.7. The van der Waals surface area contributed by atoms with Crippen molar-refractivity contribution in [1.29, 1.82) is 0 Å². The molecule has 17 atom stereocenters. The Labute approximate surface area is 279 Å². The lowest BCUT2D eigenvalue weighted by molar-refractivity contribution is -0.299. The number of carbonyl (C=O) groups is 1. The summed E-state index contributed by atoms with van der Waals surface area (Å²) >= 11 is 0. The number of aliphatic hydroxyl groups is 7.